The summed E-state index contributed by atoms with van der Waals surface area (Å²) < 4.78 is 39.3. The van der Waals surface area contributed by atoms with Crippen molar-refractivity contribution in [2.24, 2.45) is 11.7 Å². The second-order valence-electron chi connectivity index (χ2n) is 4.52. The molecule has 5 heteroatoms. The first-order valence-corrected chi connectivity index (χ1v) is 6.69. The molecule has 0 saturated carbocycles. The van der Waals surface area contributed by atoms with E-state index >= 15 is 0 Å². The van der Waals surface area contributed by atoms with E-state index < -0.39 is 17.8 Å². The highest BCUT2D eigenvalue weighted by Gasteiger charge is 2.35. The fourth-order valence-corrected chi connectivity index (χ4v) is 2.37. The zero-order valence-corrected chi connectivity index (χ0v) is 12.0. The van der Waals surface area contributed by atoms with Crippen LogP contribution in [0.3, 0.4) is 0 Å². The van der Waals surface area contributed by atoms with Crippen LogP contribution in [0.4, 0.5) is 13.2 Å². The van der Waals surface area contributed by atoms with Crippen LogP contribution in [0.1, 0.15) is 43.9 Å². The second kappa shape index (κ2) is 6.06. The van der Waals surface area contributed by atoms with Gasteiger partial charge in [-0.15, -0.1) is 0 Å². The summed E-state index contributed by atoms with van der Waals surface area (Å²) in [5.41, 5.74) is 5.48. The van der Waals surface area contributed by atoms with Crippen molar-refractivity contribution in [2.75, 3.05) is 0 Å². The van der Waals surface area contributed by atoms with Gasteiger partial charge in [0, 0.05) is 10.5 Å². The largest absolute Gasteiger partial charge is 0.416 e. The molecule has 2 atom stereocenters. The first-order chi connectivity index (χ1) is 8.27. The summed E-state index contributed by atoms with van der Waals surface area (Å²) in [5.74, 6) is 0.0253. The molecule has 0 aliphatic heterocycles. The van der Waals surface area contributed by atoms with Crippen molar-refractivity contribution < 1.29 is 13.2 Å². The van der Waals surface area contributed by atoms with Gasteiger partial charge in [0.05, 0.1) is 5.56 Å². The lowest BCUT2D eigenvalue weighted by Gasteiger charge is -2.23. The van der Waals surface area contributed by atoms with Gasteiger partial charge in [0.15, 0.2) is 0 Å². The average Bonchev–Trinajstić information content (AvgIpc) is 2.27. The van der Waals surface area contributed by atoms with Gasteiger partial charge < -0.3 is 5.73 Å². The molecule has 0 fully saturated rings. The summed E-state index contributed by atoms with van der Waals surface area (Å²) in [6.07, 6.45) is -2.65. The molecular weight excluding hydrogens is 307 g/mol. The molecule has 1 nitrogen and oxygen atoms in total. The molecule has 0 radical (unpaired) electrons. The molecule has 0 amide bonds. The smallest absolute Gasteiger partial charge is 0.324 e. The van der Waals surface area contributed by atoms with E-state index in [4.69, 9.17) is 5.73 Å². The van der Waals surface area contributed by atoms with Crippen molar-refractivity contribution in [3.05, 3.63) is 33.8 Å². The van der Waals surface area contributed by atoms with Crippen LogP contribution >= 0.6 is 15.9 Å². The molecule has 1 aromatic rings. The standard InChI is InChI=1S/C13H17BrF3N/c1-3-4-8(2)12(18)10-6-5-9(14)7-11(10)13(15,16)17/h5-8,12H,3-4,18H2,1-2H3. The predicted molar refractivity (Wildman–Crippen MR) is 70.1 cm³/mol. The van der Waals surface area contributed by atoms with E-state index in [1.807, 2.05) is 13.8 Å². The van der Waals surface area contributed by atoms with Gasteiger partial charge in [-0.2, -0.15) is 13.2 Å². The number of nitrogens with two attached hydrogens (primary N) is 1. The number of hydrogen-bond acceptors (Lipinski definition) is 1. The molecule has 0 bridgehead atoms. The topological polar surface area (TPSA) is 26.0 Å². The molecule has 102 valence electrons. The van der Waals surface area contributed by atoms with E-state index in [0.717, 1.165) is 18.9 Å². The Balaban J connectivity index is 3.15. The van der Waals surface area contributed by atoms with Crippen LogP contribution in [0.2, 0.25) is 0 Å². The number of rotatable bonds is 4. The SMILES string of the molecule is CCCC(C)C(N)c1ccc(Br)cc1C(F)(F)F. The van der Waals surface area contributed by atoms with E-state index in [-0.39, 0.29) is 11.5 Å². The van der Waals surface area contributed by atoms with Gasteiger partial charge in [-0.25, -0.2) is 0 Å². The predicted octanol–water partition coefficient (Wildman–Crippen LogP) is 4.90. The Morgan fingerprint density at radius 2 is 1.94 bits per heavy atom. The van der Waals surface area contributed by atoms with Gasteiger partial charge in [-0.05, 0) is 30.0 Å². The highest BCUT2D eigenvalue weighted by Crippen LogP contribution is 2.38. The van der Waals surface area contributed by atoms with Gasteiger partial charge in [0.1, 0.15) is 0 Å². The van der Waals surface area contributed by atoms with Gasteiger partial charge in [-0.1, -0.05) is 42.3 Å². The second-order valence-corrected chi connectivity index (χ2v) is 5.44. The molecule has 0 aliphatic carbocycles. The molecule has 0 aromatic heterocycles. The van der Waals surface area contributed by atoms with E-state index in [1.54, 1.807) is 6.07 Å². The highest BCUT2D eigenvalue weighted by atomic mass is 79.9. The molecular formula is C13H17BrF3N. The number of benzene rings is 1. The van der Waals surface area contributed by atoms with Crippen molar-refractivity contribution in [3.8, 4) is 0 Å². The van der Waals surface area contributed by atoms with E-state index in [2.05, 4.69) is 15.9 Å². The summed E-state index contributed by atoms with van der Waals surface area (Å²) in [6, 6.07) is 3.57. The van der Waals surface area contributed by atoms with E-state index in [0.29, 0.717) is 4.47 Å². The normalized spacial score (nSPS) is 15.5. The van der Waals surface area contributed by atoms with Gasteiger partial charge in [0.25, 0.3) is 0 Å². The quantitative estimate of drug-likeness (QED) is 0.837. The lowest BCUT2D eigenvalue weighted by molar-refractivity contribution is -0.138. The molecule has 0 spiro atoms. The molecule has 0 saturated heterocycles. The van der Waals surface area contributed by atoms with Crippen molar-refractivity contribution in [3.63, 3.8) is 0 Å². The van der Waals surface area contributed by atoms with Crippen LogP contribution in [0.15, 0.2) is 22.7 Å². The minimum Gasteiger partial charge on any atom is -0.324 e. The van der Waals surface area contributed by atoms with Gasteiger partial charge >= 0.3 is 6.18 Å². The van der Waals surface area contributed by atoms with Gasteiger partial charge in [0.2, 0.25) is 0 Å². The third-order valence-corrected chi connectivity index (χ3v) is 3.53. The van der Waals surface area contributed by atoms with Crippen LogP contribution in [0.25, 0.3) is 0 Å². The molecule has 1 rings (SSSR count). The molecule has 0 aliphatic rings. The fourth-order valence-electron chi connectivity index (χ4n) is 2.01. The van der Waals surface area contributed by atoms with Crippen LogP contribution < -0.4 is 5.73 Å². The summed E-state index contributed by atoms with van der Waals surface area (Å²) in [7, 11) is 0. The maximum atomic E-state index is 13.0. The molecule has 0 heterocycles. The third-order valence-electron chi connectivity index (χ3n) is 3.04. The van der Waals surface area contributed by atoms with Crippen molar-refractivity contribution >= 4 is 15.9 Å². The lowest BCUT2D eigenvalue weighted by Crippen LogP contribution is -2.23. The van der Waals surface area contributed by atoms with Crippen molar-refractivity contribution in [1.29, 1.82) is 0 Å². The lowest BCUT2D eigenvalue weighted by atomic mass is 9.89. The van der Waals surface area contributed by atoms with E-state index in [9.17, 15) is 13.2 Å². The van der Waals surface area contributed by atoms with Crippen LogP contribution in [0, 0.1) is 5.92 Å². The Morgan fingerprint density at radius 1 is 1.33 bits per heavy atom. The third kappa shape index (κ3) is 3.72. The Labute approximate surface area is 114 Å². The molecule has 1 aromatic carbocycles. The Hall–Kier alpha value is -0.550. The Morgan fingerprint density at radius 3 is 2.44 bits per heavy atom. The monoisotopic (exact) mass is 323 g/mol. The van der Waals surface area contributed by atoms with Crippen LogP contribution in [0.5, 0.6) is 0 Å². The number of alkyl halides is 3. The summed E-state index contributed by atoms with van der Waals surface area (Å²) in [5, 5.41) is 0. The summed E-state index contributed by atoms with van der Waals surface area (Å²) in [4.78, 5) is 0. The first kappa shape index (κ1) is 15.5. The van der Waals surface area contributed by atoms with Crippen LogP contribution in [-0.2, 0) is 6.18 Å². The van der Waals surface area contributed by atoms with Crippen molar-refractivity contribution in [1.82, 2.24) is 0 Å². The minimum atomic E-state index is -4.37. The maximum absolute atomic E-state index is 13.0. The average molecular weight is 324 g/mol. The highest BCUT2D eigenvalue weighted by molar-refractivity contribution is 9.10. The van der Waals surface area contributed by atoms with Crippen molar-refractivity contribution in [2.45, 2.75) is 38.9 Å². The number of halogens is 4. The van der Waals surface area contributed by atoms with E-state index in [1.165, 1.54) is 6.07 Å². The molecule has 18 heavy (non-hydrogen) atoms. The first-order valence-electron chi connectivity index (χ1n) is 5.89. The fraction of sp³-hybridized carbons (Fsp3) is 0.538. The van der Waals surface area contributed by atoms with Gasteiger partial charge in [-0.3, -0.25) is 0 Å². The molecule has 2 N–H and O–H groups in total. The maximum Gasteiger partial charge on any atom is 0.416 e. The summed E-state index contributed by atoms with van der Waals surface area (Å²) in [6.45, 7) is 3.88. The zero-order chi connectivity index (χ0) is 13.9. The zero-order valence-electron chi connectivity index (χ0n) is 10.4. The minimum absolute atomic E-state index is 0.0253. The molecule has 2 unspecified atom stereocenters. The summed E-state index contributed by atoms with van der Waals surface area (Å²) >= 11 is 3.06. The Bertz CT molecular complexity index is 404. The number of hydrogen-bond donors (Lipinski definition) is 1. The Kier molecular flexibility index (Phi) is 5.22. The van der Waals surface area contributed by atoms with Crippen LogP contribution in [-0.4, -0.2) is 0 Å².